The fourth-order valence-electron chi connectivity index (χ4n) is 4.79. The Labute approximate surface area is 189 Å². The standard InChI is InChI=1S/C26H32N2O4/c1-31-23-9-5-6-20(16-23)17-28-18-21(10-11-24(28)29)25(30)27-19-26(12-14-32-15-13-26)22-7-3-2-4-8-22/h2-9,16,21H,10-15,17-19H2,1H3,(H,27,30). The Morgan fingerprint density at radius 3 is 2.69 bits per heavy atom. The average molecular weight is 437 g/mol. The van der Waals surface area contributed by atoms with Crippen molar-refractivity contribution >= 4 is 11.8 Å². The molecule has 2 heterocycles. The van der Waals surface area contributed by atoms with Gasteiger partial charge in [0.25, 0.3) is 0 Å². The van der Waals surface area contributed by atoms with Crippen molar-refractivity contribution in [3.8, 4) is 5.75 Å². The molecular formula is C26H32N2O4. The van der Waals surface area contributed by atoms with Crippen LogP contribution in [0.1, 0.15) is 36.8 Å². The maximum Gasteiger partial charge on any atom is 0.224 e. The summed E-state index contributed by atoms with van der Waals surface area (Å²) in [4.78, 5) is 27.4. The van der Waals surface area contributed by atoms with Gasteiger partial charge < -0.3 is 19.7 Å². The topological polar surface area (TPSA) is 67.9 Å². The minimum atomic E-state index is -0.189. The van der Waals surface area contributed by atoms with Gasteiger partial charge in [0.05, 0.1) is 13.0 Å². The molecule has 2 aromatic carbocycles. The molecule has 0 aliphatic carbocycles. The van der Waals surface area contributed by atoms with E-state index in [4.69, 9.17) is 9.47 Å². The summed E-state index contributed by atoms with van der Waals surface area (Å²) in [6, 6.07) is 18.1. The molecule has 4 rings (SSSR count). The van der Waals surface area contributed by atoms with Gasteiger partial charge in [0.15, 0.2) is 0 Å². The van der Waals surface area contributed by atoms with Gasteiger partial charge in [0.1, 0.15) is 5.75 Å². The molecule has 2 amide bonds. The van der Waals surface area contributed by atoms with Gasteiger partial charge in [0.2, 0.25) is 11.8 Å². The Hall–Kier alpha value is -2.86. The summed E-state index contributed by atoms with van der Waals surface area (Å²) < 4.78 is 10.9. The largest absolute Gasteiger partial charge is 0.497 e. The summed E-state index contributed by atoms with van der Waals surface area (Å²) in [5.41, 5.74) is 2.16. The van der Waals surface area contributed by atoms with Gasteiger partial charge in [-0.25, -0.2) is 0 Å². The fraction of sp³-hybridized carbons (Fsp3) is 0.462. The van der Waals surface area contributed by atoms with Crippen molar-refractivity contribution in [2.24, 2.45) is 5.92 Å². The number of nitrogens with one attached hydrogen (secondary N) is 1. The Morgan fingerprint density at radius 1 is 1.16 bits per heavy atom. The van der Waals surface area contributed by atoms with Crippen molar-refractivity contribution in [1.82, 2.24) is 10.2 Å². The smallest absolute Gasteiger partial charge is 0.224 e. The molecule has 2 aliphatic rings. The number of rotatable bonds is 7. The molecule has 1 atom stereocenters. The van der Waals surface area contributed by atoms with E-state index < -0.39 is 0 Å². The lowest BCUT2D eigenvalue weighted by molar-refractivity contribution is -0.139. The number of methoxy groups -OCH3 is 1. The number of hydrogen-bond donors (Lipinski definition) is 1. The Kier molecular flexibility index (Phi) is 7.10. The molecular weight excluding hydrogens is 404 g/mol. The van der Waals surface area contributed by atoms with Gasteiger partial charge >= 0.3 is 0 Å². The first-order valence-corrected chi connectivity index (χ1v) is 11.4. The van der Waals surface area contributed by atoms with E-state index in [1.807, 2.05) is 30.3 Å². The number of carbonyl (C=O) groups excluding carboxylic acids is 2. The van der Waals surface area contributed by atoms with Gasteiger partial charge in [-0.3, -0.25) is 9.59 Å². The summed E-state index contributed by atoms with van der Waals surface area (Å²) in [6.45, 7) is 2.95. The third kappa shape index (κ3) is 5.13. The maximum absolute atomic E-state index is 13.1. The SMILES string of the molecule is COc1cccc(CN2CC(C(=O)NCC3(c4ccccc4)CCOCC3)CCC2=O)c1. The molecule has 2 fully saturated rings. The van der Waals surface area contributed by atoms with Crippen LogP contribution in [-0.4, -0.2) is 50.1 Å². The quantitative estimate of drug-likeness (QED) is 0.723. The van der Waals surface area contributed by atoms with Crippen LogP contribution in [0, 0.1) is 5.92 Å². The molecule has 0 radical (unpaired) electrons. The number of nitrogens with zero attached hydrogens (tertiary/aromatic N) is 1. The zero-order chi connectivity index (χ0) is 22.4. The van der Waals surface area contributed by atoms with E-state index in [0.29, 0.717) is 45.7 Å². The van der Waals surface area contributed by atoms with Crippen molar-refractivity contribution < 1.29 is 19.1 Å². The molecule has 0 bridgehead atoms. The lowest BCUT2D eigenvalue weighted by Gasteiger charge is -2.39. The first kappa shape index (κ1) is 22.3. The number of piperidine rings is 1. The molecule has 2 aliphatic heterocycles. The van der Waals surface area contributed by atoms with Crippen molar-refractivity contribution in [2.75, 3.05) is 33.4 Å². The maximum atomic E-state index is 13.1. The second kappa shape index (κ2) is 10.2. The van der Waals surface area contributed by atoms with Crippen LogP contribution in [0.5, 0.6) is 5.75 Å². The third-order valence-electron chi connectivity index (χ3n) is 6.82. The molecule has 0 spiro atoms. The summed E-state index contributed by atoms with van der Waals surface area (Å²) in [7, 11) is 1.63. The van der Waals surface area contributed by atoms with E-state index in [-0.39, 0.29) is 23.1 Å². The van der Waals surface area contributed by atoms with E-state index in [1.165, 1.54) is 5.56 Å². The van der Waals surface area contributed by atoms with Gasteiger partial charge in [-0.2, -0.15) is 0 Å². The molecule has 32 heavy (non-hydrogen) atoms. The average Bonchev–Trinajstić information content (AvgIpc) is 2.85. The Balaban J connectivity index is 1.39. The Bertz CT molecular complexity index is 924. The van der Waals surface area contributed by atoms with Crippen LogP contribution in [0.2, 0.25) is 0 Å². The number of ether oxygens (including phenoxy) is 2. The minimum absolute atomic E-state index is 0.0370. The molecule has 6 nitrogen and oxygen atoms in total. The molecule has 1 unspecified atom stereocenters. The zero-order valence-electron chi connectivity index (χ0n) is 18.7. The molecule has 0 saturated carbocycles. The van der Waals surface area contributed by atoms with Gasteiger partial charge in [-0.15, -0.1) is 0 Å². The zero-order valence-corrected chi connectivity index (χ0v) is 18.7. The molecule has 0 aromatic heterocycles. The van der Waals surface area contributed by atoms with Gasteiger partial charge in [-0.05, 0) is 42.5 Å². The van der Waals surface area contributed by atoms with Crippen molar-refractivity contribution in [3.63, 3.8) is 0 Å². The highest BCUT2D eigenvalue weighted by Crippen LogP contribution is 2.34. The van der Waals surface area contributed by atoms with Crippen molar-refractivity contribution in [2.45, 2.75) is 37.6 Å². The van der Waals surface area contributed by atoms with Crippen LogP contribution >= 0.6 is 0 Å². The van der Waals surface area contributed by atoms with Gasteiger partial charge in [0, 0.05) is 44.7 Å². The van der Waals surface area contributed by atoms with Crippen LogP contribution in [0.25, 0.3) is 0 Å². The third-order valence-corrected chi connectivity index (χ3v) is 6.82. The number of benzene rings is 2. The summed E-state index contributed by atoms with van der Waals surface area (Å²) in [5, 5.41) is 3.23. The first-order chi connectivity index (χ1) is 15.6. The van der Waals surface area contributed by atoms with E-state index in [0.717, 1.165) is 24.2 Å². The molecule has 2 aromatic rings. The van der Waals surface area contributed by atoms with Crippen LogP contribution < -0.4 is 10.1 Å². The highest BCUT2D eigenvalue weighted by atomic mass is 16.5. The van der Waals surface area contributed by atoms with Gasteiger partial charge in [-0.1, -0.05) is 42.5 Å². The fourth-order valence-corrected chi connectivity index (χ4v) is 4.79. The highest BCUT2D eigenvalue weighted by Gasteiger charge is 2.36. The molecule has 1 N–H and O–H groups in total. The summed E-state index contributed by atoms with van der Waals surface area (Å²) >= 11 is 0. The van der Waals surface area contributed by atoms with Crippen LogP contribution in [0.3, 0.4) is 0 Å². The predicted molar refractivity (Wildman–Crippen MR) is 122 cm³/mol. The number of amides is 2. The number of hydrogen-bond acceptors (Lipinski definition) is 4. The molecule has 2 saturated heterocycles. The summed E-state index contributed by atoms with van der Waals surface area (Å²) in [6.07, 6.45) is 2.78. The van der Waals surface area contributed by atoms with Crippen LogP contribution in [-0.2, 0) is 26.3 Å². The van der Waals surface area contributed by atoms with E-state index in [2.05, 4.69) is 29.6 Å². The van der Waals surface area contributed by atoms with Crippen molar-refractivity contribution in [3.05, 3.63) is 65.7 Å². The highest BCUT2D eigenvalue weighted by molar-refractivity contribution is 5.83. The number of likely N-dealkylation sites (tertiary alicyclic amines) is 1. The lowest BCUT2D eigenvalue weighted by Crippen LogP contribution is -2.49. The minimum Gasteiger partial charge on any atom is -0.497 e. The Morgan fingerprint density at radius 2 is 1.94 bits per heavy atom. The number of carbonyl (C=O) groups is 2. The molecule has 6 heteroatoms. The second-order valence-electron chi connectivity index (χ2n) is 8.84. The molecule has 170 valence electrons. The lowest BCUT2D eigenvalue weighted by atomic mass is 9.74. The van der Waals surface area contributed by atoms with E-state index in [1.54, 1.807) is 12.0 Å². The second-order valence-corrected chi connectivity index (χ2v) is 8.84. The first-order valence-electron chi connectivity index (χ1n) is 11.4. The van der Waals surface area contributed by atoms with E-state index in [9.17, 15) is 9.59 Å². The van der Waals surface area contributed by atoms with Crippen LogP contribution in [0.15, 0.2) is 54.6 Å². The van der Waals surface area contributed by atoms with Crippen molar-refractivity contribution in [1.29, 1.82) is 0 Å². The van der Waals surface area contributed by atoms with Crippen LogP contribution in [0.4, 0.5) is 0 Å². The normalized spacial score (nSPS) is 20.6. The monoisotopic (exact) mass is 436 g/mol. The summed E-state index contributed by atoms with van der Waals surface area (Å²) in [5.74, 6) is 0.715. The predicted octanol–water partition coefficient (Wildman–Crippen LogP) is 3.30. The van der Waals surface area contributed by atoms with E-state index >= 15 is 0 Å².